The molecule has 1 N–H and O–H groups in total. The van der Waals surface area contributed by atoms with Crippen molar-refractivity contribution in [1.29, 1.82) is 0 Å². The van der Waals surface area contributed by atoms with Gasteiger partial charge in [0, 0.05) is 5.02 Å². The lowest BCUT2D eigenvalue weighted by molar-refractivity contribution is -0.125. The van der Waals surface area contributed by atoms with Gasteiger partial charge in [-0.3, -0.25) is 4.79 Å². The van der Waals surface area contributed by atoms with Gasteiger partial charge in [0.1, 0.15) is 17.0 Å². The summed E-state index contributed by atoms with van der Waals surface area (Å²) in [5.74, 6) is 0.611. The molecule has 0 spiro atoms. The van der Waals surface area contributed by atoms with Gasteiger partial charge < -0.3 is 19.2 Å². The fourth-order valence-corrected chi connectivity index (χ4v) is 2.82. The molecule has 0 aliphatic rings. The number of rotatable bonds is 6. The zero-order chi connectivity index (χ0) is 22.0. The van der Waals surface area contributed by atoms with E-state index in [1.165, 1.54) is 13.8 Å². The van der Waals surface area contributed by atoms with Crippen LogP contribution in [0.4, 0.5) is 10.1 Å². The lowest BCUT2D eigenvalue weighted by Crippen LogP contribution is -2.32. The maximum absolute atomic E-state index is 13.9. The molecular weight excluding hydrogens is 423 g/mol. The minimum Gasteiger partial charge on any atom is -0.455 e. The molecule has 31 heavy (non-hydrogen) atoms. The van der Waals surface area contributed by atoms with E-state index < -0.39 is 11.6 Å². The minimum absolute atomic E-state index is 0.0906. The summed E-state index contributed by atoms with van der Waals surface area (Å²) in [7, 11) is 0. The number of aromatic nitrogens is 1. The van der Waals surface area contributed by atoms with Gasteiger partial charge in [-0.15, -0.1) is 0 Å². The number of carbonyl (C=O) groups excluding carboxylic acids is 1. The molecule has 4 aromatic rings. The molecule has 3 aromatic carbocycles. The average molecular weight is 441 g/mol. The van der Waals surface area contributed by atoms with E-state index in [2.05, 4.69) is 10.3 Å². The maximum Gasteiger partial charge on any atom is 0.400 e. The zero-order valence-electron chi connectivity index (χ0n) is 16.7. The van der Waals surface area contributed by atoms with Crippen LogP contribution in [-0.2, 0) is 4.79 Å². The quantitative estimate of drug-likeness (QED) is 0.359. The van der Waals surface area contributed by atoms with E-state index in [-0.39, 0.29) is 6.08 Å². The van der Waals surface area contributed by atoms with Gasteiger partial charge in [0.15, 0.2) is 17.0 Å². The molecule has 0 bridgehead atoms. The first-order valence-corrected chi connectivity index (χ1v) is 9.77. The van der Waals surface area contributed by atoms with Crippen molar-refractivity contribution in [3.05, 3.63) is 71.8 Å². The Morgan fingerprint density at radius 3 is 2.42 bits per heavy atom. The van der Waals surface area contributed by atoms with Crippen LogP contribution in [0.3, 0.4) is 0 Å². The van der Waals surface area contributed by atoms with Crippen molar-refractivity contribution in [2.24, 2.45) is 0 Å². The third-order valence-corrected chi connectivity index (χ3v) is 4.50. The van der Waals surface area contributed by atoms with Crippen molar-refractivity contribution in [1.82, 2.24) is 4.98 Å². The van der Waals surface area contributed by atoms with Gasteiger partial charge in [-0.2, -0.15) is 4.98 Å². The smallest absolute Gasteiger partial charge is 0.400 e. The average Bonchev–Trinajstić information content (AvgIpc) is 3.11. The van der Waals surface area contributed by atoms with Crippen LogP contribution in [0.25, 0.3) is 11.1 Å². The van der Waals surface area contributed by atoms with Gasteiger partial charge in [-0.1, -0.05) is 23.7 Å². The number of nitrogens with zero attached hydrogens (tertiary/aromatic N) is 1. The van der Waals surface area contributed by atoms with Crippen LogP contribution in [0.1, 0.15) is 13.8 Å². The molecule has 0 saturated carbocycles. The van der Waals surface area contributed by atoms with Gasteiger partial charge in [0.05, 0.1) is 5.69 Å². The maximum atomic E-state index is 13.9. The number of oxazole rings is 1. The number of anilines is 1. The van der Waals surface area contributed by atoms with Crippen LogP contribution in [0, 0.1) is 0 Å². The molecule has 0 atom stereocenters. The molecule has 0 saturated heterocycles. The van der Waals surface area contributed by atoms with Crippen molar-refractivity contribution in [2.45, 2.75) is 19.5 Å². The first-order chi connectivity index (χ1) is 14.8. The second kappa shape index (κ2) is 8.28. The van der Waals surface area contributed by atoms with Crippen molar-refractivity contribution >= 4 is 34.3 Å². The van der Waals surface area contributed by atoms with Crippen molar-refractivity contribution in [3.63, 3.8) is 0 Å². The van der Waals surface area contributed by atoms with Crippen molar-refractivity contribution < 1.29 is 23.1 Å². The first kappa shape index (κ1) is 20.7. The highest BCUT2D eigenvalue weighted by molar-refractivity contribution is 6.31. The minimum atomic E-state index is -2.01. The van der Waals surface area contributed by atoms with E-state index in [1.807, 2.05) is 0 Å². The molecule has 0 radical (unpaired) electrons. The zero-order valence-corrected chi connectivity index (χ0v) is 17.4. The Hall–Kier alpha value is -3.58. The Labute approximate surface area is 182 Å². The monoisotopic (exact) mass is 440 g/mol. The number of alkyl halides is 1. The predicted molar refractivity (Wildman–Crippen MR) is 116 cm³/mol. The summed E-state index contributed by atoms with van der Waals surface area (Å²) < 4.78 is 30.9. The Morgan fingerprint density at radius 2 is 1.71 bits per heavy atom. The molecule has 0 aliphatic carbocycles. The number of nitrogens with one attached hydrogen (secondary N) is 1. The number of hydrogen-bond donors (Lipinski definition) is 1. The van der Waals surface area contributed by atoms with E-state index in [1.54, 1.807) is 66.7 Å². The summed E-state index contributed by atoms with van der Waals surface area (Å²) in [4.78, 5) is 16.2. The number of amides is 1. The second-order valence-corrected chi connectivity index (χ2v) is 7.63. The third kappa shape index (κ3) is 4.95. The van der Waals surface area contributed by atoms with Crippen LogP contribution in [-0.4, -0.2) is 16.6 Å². The van der Waals surface area contributed by atoms with E-state index in [0.717, 1.165) is 0 Å². The van der Waals surface area contributed by atoms with Crippen LogP contribution < -0.4 is 14.8 Å². The fourth-order valence-electron chi connectivity index (χ4n) is 2.66. The largest absolute Gasteiger partial charge is 0.455 e. The van der Waals surface area contributed by atoms with Crippen LogP contribution in [0.2, 0.25) is 5.02 Å². The normalized spacial score (nSPS) is 11.4. The molecule has 1 aromatic heterocycles. The highest BCUT2D eigenvalue weighted by atomic mass is 35.5. The Morgan fingerprint density at radius 1 is 1.03 bits per heavy atom. The van der Waals surface area contributed by atoms with Gasteiger partial charge in [-0.05, 0) is 68.4 Å². The third-order valence-electron chi connectivity index (χ3n) is 4.26. The summed E-state index contributed by atoms with van der Waals surface area (Å²) in [5, 5.41) is 3.09. The standard InChI is InChI=1S/C23H18ClFN2O4/c1-23(2,25)21(28)26-17-5-3-4-6-19(17)29-15-8-10-16(11-9-15)30-22-27-18-13-14(24)7-12-20(18)31-22/h3-13H,1-2H3,(H,26,28). The van der Waals surface area contributed by atoms with Gasteiger partial charge in [0.25, 0.3) is 5.91 Å². The molecule has 4 rings (SSSR count). The van der Waals surface area contributed by atoms with E-state index in [0.29, 0.717) is 39.1 Å². The van der Waals surface area contributed by atoms with Gasteiger partial charge in [-0.25, -0.2) is 4.39 Å². The summed E-state index contributed by atoms with van der Waals surface area (Å²) in [5.41, 5.74) is -0.488. The topological polar surface area (TPSA) is 73.6 Å². The highest BCUT2D eigenvalue weighted by Crippen LogP contribution is 2.32. The molecule has 0 aliphatic heterocycles. The first-order valence-electron chi connectivity index (χ1n) is 9.39. The SMILES string of the molecule is CC(C)(F)C(=O)Nc1ccccc1Oc1ccc(Oc2nc3cc(Cl)ccc3o2)cc1. The summed E-state index contributed by atoms with van der Waals surface area (Å²) in [6.07, 6.45) is 0.0906. The molecular formula is C23H18ClFN2O4. The molecule has 1 amide bonds. The van der Waals surface area contributed by atoms with Crippen LogP contribution >= 0.6 is 11.6 Å². The molecule has 158 valence electrons. The highest BCUT2D eigenvalue weighted by Gasteiger charge is 2.27. The Bertz CT molecular complexity index is 1230. The summed E-state index contributed by atoms with van der Waals surface area (Å²) in [6.45, 7) is 2.38. The summed E-state index contributed by atoms with van der Waals surface area (Å²) in [6, 6.07) is 18.6. The lowest BCUT2D eigenvalue weighted by Gasteiger charge is -2.16. The Kier molecular flexibility index (Phi) is 5.52. The number of halogens is 2. The van der Waals surface area contributed by atoms with E-state index in [9.17, 15) is 9.18 Å². The number of ether oxygens (including phenoxy) is 2. The molecule has 0 unspecified atom stereocenters. The van der Waals surface area contributed by atoms with E-state index in [4.69, 9.17) is 25.5 Å². The molecule has 8 heteroatoms. The molecule has 1 heterocycles. The fraction of sp³-hybridized carbons (Fsp3) is 0.130. The van der Waals surface area contributed by atoms with Crippen molar-refractivity contribution in [2.75, 3.05) is 5.32 Å². The van der Waals surface area contributed by atoms with Crippen LogP contribution in [0.5, 0.6) is 23.3 Å². The predicted octanol–water partition coefficient (Wildman–Crippen LogP) is 6.75. The summed E-state index contributed by atoms with van der Waals surface area (Å²) >= 11 is 5.95. The number of fused-ring (bicyclic) bond motifs is 1. The number of benzene rings is 3. The second-order valence-electron chi connectivity index (χ2n) is 7.19. The van der Waals surface area contributed by atoms with Gasteiger partial charge in [0.2, 0.25) is 0 Å². The lowest BCUT2D eigenvalue weighted by atomic mass is 10.1. The Balaban J connectivity index is 1.47. The molecule has 6 nitrogen and oxygen atoms in total. The number of hydrogen-bond acceptors (Lipinski definition) is 5. The van der Waals surface area contributed by atoms with E-state index >= 15 is 0 Å². The van der Waals surface area contributed by atoms with Gasteiger partial charge >= 0.3 is 6.08 Å². The number of para-hydroxylation sites is 2. The number of carbonyl (C=O) groups is 1. The van der Waals surface area contributed by atoms with Crippen LogP contribution in [0.15, 0.2) is 71.1 Å². The van der Waals surface area contributed by atoms with Crippen molar-refractivity contribution in [3.8, 4) is 23.3 Å². The molecule has 0 fully saturated rings.